The van der Waals surface area contributed by atoms with E-state index in [1.54, 1.807) is 50.5 Å². The lowest BCUT2D eigenvalue weighted by atomic mass is 10.1. The van der Waals surface area contributed by atoms with Crippen molar-refractivity contribution in [3.05, 3.63) is 42.2 Å². The molecule has 0 radical (unpaired) electrons. The third-order valence-corrected chi connectivity index (χ3v) is 2.78. The summed E-state index contributed by atoms with van der Waals surface area (Å²) in [5, 5.41) is 2.79. The van der Waals surface area contributed by atoms with Crippen molar-refractivity contribution in [3.8, 4) is 11.8 Å². The maximum atomic E-state index is 11.9. The molecule has 110 valence electrons. The second kappa shape index (κ2) is 5.88. The number of nitrogens with zero attached hydrogens (tertiary/aromatic N) is 2. The lowest BCUT2D eigenvalue weighted by Gasteiger charge is -2.19. The normalized spacial score (nSPS) is 11.0. The van der Waals surface area contributed by atoms with Gasteiger partial charge < -0.3 is 15.8 Å². The maximum Gasteiger partial charge on any atom is 0.321 e. The summed E-state index contributed by atoms with van der Waals surface area (Å²) >= 11 is 0. The van der Waals surface area contributed by atoms with Gasteiger partial charge in [0, 0.05) is 18.1 Å². The molecular formula is C15H18N4O2. The Morgan fingerprint density at radius 2 is 1.95 bits per heavy atom. The van der Waals surface area contributed by atoms with Gasteiger partial charge in [0.1, 0.15) is 5.75 Å². The summed E-state index contributed by atoms with van der Waals surface area (Å²) in [4.78, 5) is 19.8. The second-order valence-electron chi connectivity index (χ2n) is 5.29. The van der Waals surface area contributed by atoms with Crippen LogP contribution >= 0.6 is 0 Å². The fourth-order valence-electron chi connectivity index (χ4n) is 1.57. The van der Waals surface area contributed by atoms with Crippen LogP contribution in [0.1, 0.15) is 19.4 Å². The van der Waals surface area contributed by atoms with Crippen LogP contribution in [0.15, 0.2) is 36.7 Å². The first-order valence-corrected chi connectivity index (χ1v) is 6.52. The van der Waals surface area contributed by atoms with Crippen molar-refractivity contribution in [2.24, 2.45) is 5.73 Å². The van der Waals surface area contributed by atoms with Gasteiger partial charge in [-0.3, -0.25) is 4.79 Å². The standard InChI is InChI=1S/C15H18N4O2/c1-10-9-11(21-14-17-7-4-8-18-14)5-6-12(10)19-13(20)15(2,3)16/h4-9H,16H2,1-3H3,(H,19,20). The molecule has 21 heavy (non-hydrogen) atoms. The van der Waals surface area contributed by atoms with Crippen LogP contribution in [0.25, 0.3) is 0 Å². The number of carbonyl (C=O) groups excluding carboxylic acids is 1. The molecule has 6 heteroatoms. The Labute approximate surface area is 123 Å². The zero-order valence-electron chi connectivity index (χ0n) is 12.3. The largest absolute Gasteiger partial charge is 0.424 e. The molecule has 1 amide bonds. The van der Waals surface area contributed by atoms with Crippen LogP contribution < -0.4 is 15.8 Å². The average molecular weight is 286 g/mol. The predicted octanol–water partition coefficient (Wildman–Crippen LogP) is 2.25. The molecule has 0 bridgehead atoms. The highest BCUT2D eigenvalue weighted by atomic mass is 16.5. The van der Waals surface area contributed by atoms with Crippen molar-refractivity contribution in [3.63, 3.8) is 0 Å². The van der Waals surface area contributed by atoms with Gasteiger partial charge in [-0.05, 0) is 50.6 Å². The molecule has 0 fully saturated rings. The van der Waals surface area contributed by atoms with E-state index in [9.17, 15) is 4.79 Å². The zero-order valence-corrected chi connectivity index (χ0v) is 12.3. The first-order chi connectivity index (χ1) is 9.86. The van der Waals surface area contributed by atoms with Gasteiger partial charge in [-0.2, -0.15) is 0 Å². The quantitative estimate of drug-likeness (QED) is 0.899. The molecule has 0 saturated heterocycles. The van der Waals surface area contributed by atoms with E-state index in [-0.39, 0.29) is 11.9 Å². The lowest BCUT2D eigenvalue weighted by molar-refractivity contribution is -0.120. The number of rotatable bonds is 4. The Balaban J connectivity index is 2.13. The highest BCUT2D eigenvalue weighted by Gasteiger charge is 2.22. The average Bonchev–Trinajstić information content (AvgIpc) is 2.42. The molecule has 3 N–H and O–H groups in total. The summed E-state index contributed by atoms with van der Waals surface area (Å²) in [5.74, 6) is 0.356. The smallest absolute Gasteiger partial charge is 0.321 e. The number of carbonyl (C=O) groups is 1. The highest BCUT2D eigenvalue weighted by Crippen LogP contribution is 2.24. The van der Waals surface area contributed by atoms with E-state index < -0.39 is 5.54 Å². The number of ether oxygens (including phenoxy) is 1. The van der Waals surface area contributed by atoms with Gasteiger partial charge in [0.05, 0.1) is 5.54 Å². The minimum atomic E-state index is -0.931. The van der Waals surface area contributed by atoms with E-state index in [0.717, 1.165) is 5.56 Å². The fourth-order valence-corrected chi connectivity index (χ4v) is 1.57. The molecule has 0 aliphatic heterocycles. The van der Waals surface area contributed by atoms with Gasteiger partial charge in [0.25, 0.3) is 0 Å². The van der Waals surface area contributed by atoms with Crippen LogP contribution in [-0.4, -0.2) is 21.4 Å². The molecule has 1 aromatic heterocycles. The second-order valence-corrected chi connectivity index (χ2v) is 5.29. The van der Waals surface area contributed by atoms with E-state index in [2.05, 4.69) is 15.3 Å². The molecule has 2 rings (SSSR count). The van der Waals surface area contributed by atoms with Gasteiger partial charge in [0.2, 0.25) is 5.91 Å². The van der Waals surface area contributed by atoms with Crippen LogP contribution in [0, 0.1) is 6.92 Å². The minimum Gasteiger partial charge on any atom is -0.424 e. The van der Waals surface area contributed by atoms with E-state index in [0.29, 0.717) is 11.4 Å². The fraction of sp³-hybridized carbons (Fsp3) is 0.267. The summed E-state index contributed by atoms with van der Waals surface area (Å²) in [7, 11) is 0. The summed E-state index contributed by atoms with van der Waals surface area (Å²) in [6.45, 7) is 5.18. The summed E-state index contributed by atoms with van der Waals surface area (Å²) in [5.41, 5.74) is 6.38. The highest BCUT2D eigenvalue weighted by molar-refractivity contribution is 5.97. The number of hydrogen-bond donors (Lipinski definition) is 2. The predicted molar refractivity (Wildman–Crippen MR) is 80.2 cm³/mol. The third-order valence-electron chi connectivity index (χ3n) is 2.78. The molecule has 0 saturated carbocycles. The zero-order chi connectivity index (χ0) is 15.5. The number of aryl methyl sites for hydroxylation is 1. The number of nitrogens with one attached hydrogen (secondary N) is 1. The molecule has 0 aliphatic carbocycles. The number of amides is 1. The van der Waals surface area contributed by atoms with Crippen molar-refractivity contribution >= 4 is 11.6 Å². The number of benzene rings is 1. The topological polar surface area (TPSA) is 90.1 Å². The number of anilines is 1. The van der Waals surface area contributed by atoms with Crippen LogP contribution in [0.2, 0.25) is 0 Å². The molecule has 2 aromatic rings. The number of hydrogen-bond acceptors (Lipinski definition) is 5. The Morgan fingerprint density at radius 3 is 2.52 bits per heavy atom. The Bertz CT molecular complexity index is 636. The Hall–Kier alpha value is -2.47. The summed E-state index contributed by atoms with van der Waals surface area (Å²) in [6, 6.07) is 7.29. The minimum absolute atomic E-state index is 0.245. The van der Waals surface area contributed by atoms with Gasteiger partial charge in [0.15, 0.2) is 0 Å². The van der Waals surface area contributed by atoms with Crippen LogP contribution in [0.5, 0.6) is 11.8 Å². The van der Waals surface area contributed by atoms with E-state index >= 15 is 0 Å². The van der Waals surface area contributed by atoms with Crippen LogP contribution in [-0.2, 0) is 4.79 Å². The Morgan fingerprint density at radius 1 is 1.29 bits per heavy atom. The SMILES string of the molecule is Cc1cc(Oc2ncccn2)ccc1NC(=O)C(C)(C)N. The van der Waals surface area contributed by atoms with Crippen molar-refractivity contribution in [2.75, 3.05) is 5.32 Å². The van der Waals surface area contributed by atoms with Crippen molar-refractivity contribution in [1.29, 1.82) is 0 Å². The third kappa shape index (κ3) is 4.00. The monoisotopic (exact) mass is 286 g/mol. The molecule has 1 aromatic carbocycles. The van der Waals surface area contributed by atoms with Crippen molar-refractivity contribution in [1.82, 2.24) is 9.97 Å². The lowest BCUT2D eigenvalue weighted by Crippen LogP contribution is -2.45. The summed E-state index contributed by atoms with van der Waals surface area (Å²) < 4.78 is 5.53. The molecular weight excluding hydrogens is 268 g/mol. The Kier molecular flexibility index (Phi) is 4.18. The van der Waals surface area contributed by atoms with Crippen molar-refractivity contribution < 1.29 is 9.53 Å². The van der Waals surface area contributed by atoms with Crippen LogP contribution in [0.4, 0.5) is 5.69 Å². The van der Waals surface area contributed by atoms with E-state index in [1.807, 2.05) is 6.92 Å². The van der Waals surface area contributed by atoms with Gasteiger partial charge in [-0.15, -0.1) is 0 Å². The molecule has 0 aliphatic rings. The molecule has 0 atom stereocenters. The molecule has 1 heterocycles. The van der Waals surface area contributed by atoms with Crippen molar-refractivity contribution in [2.45, 2.75) is 26.3 Å². The first-order valence-electron chi connectivity index (χ1n) is 6.52. The summed E-state index contributed by atoms with van der Waals surface area (Å²) in [6.07, 6.45) is 3.21. The van der Waals surface area contributed by atoms with Gasteiger partial charge >= 0.3 is 6.01 Å². The molecule has 0 spiro atoms. The van der Waals surface area contributed by atoms with Gasteiger partial charge in [-0.1, -0.05) is 0 Å². The maximum absolute atomic E-state index is 11.9. The molecule has 6 nitrogen and oxygen atoms in total. The number of aromatic nitrogens is 2. The number of nitrogens with two attached hydrogens (primary N) is 1. The van der Waals surface area contributed by atoms with E-state index in [4.69, 9.17) is 10.5 Å². The molecule has 0 unspecified atom stereocenters. The van der Waals surface area contributed by atoms with Gasteiger partial charge in [-0.25, -0.2) is 9.97 Å². The first kappa shape index (κ1) is 14.9. The van der Waals surface area contributed by atoms with Crippen LogP contribution in [0.3, 0.4) is 0 Å². The van der Waals surface area contributed by atoms with E-state index in [1.165, 1.54) is 0 Å².